The average molecular weight is 784 g/mol. The van der Waals surface area contributed by atoms with Crippen molar-refractivity contribution in [3.05, 3.63) is 118 Å². The number of aromatic nitrogens is 2. The lowest BCUT2D eigenvalue weighted by Crippen LogP contribution is -2.66. The molecule has 5 aromatic rings. The first-order valence-corrected chi connectivity index (χ1v) is 19.8. The molecule has 1 N–H and O–H groups in total. The van der Waals surface area contributed by atoms with Crippen LogP contribution in [0, 0.1) is 0 Å². The van der Waals surface area contributed by atoms with Crippen LogP contribution < -0.4 is 15.7 Å². The predicted octanol–water partition coefficient (Wildman–Crippen LogP) is 7.59. The van der Waals surface area contributed by atoms with E-state index >= 15 is 0 Å². The van der Waals surface area contributed by atoms with Crippen LogP contribution in [0.2, 0.25) is 15.1 Å². The number of carbonyl (C=O) groups is 2. The van der Waals surface area contributed by atoms with Crippen molar-refractivity contribution < 1.29 is 31.9 Å². The third-order valence-corrected chi connectivity index (χ3v) is 15.2. The number of nitrogens with zero attached hydrogens (tertiary/aromatic N) is 3. The standard InChI is InChI=1S/C39H39Cl2F3N4O4Si/c1-38(2,3)53(27-11-6-4-7-12-27,28-13-8-5-9-14-28)52-22-19-26-17-18-29(40)33(34(26)41)36(50)45-30-15-10-16-31-35(30)46-37(39(42,43)44)48(31)25-32(49)47-20-23-51-24-21-47/h4-18H,19-25H2,1-3H3,(H,45,50). The predicted molar refractivity (Wildman–Crippen MR) is 204 cm³/mol. The molecule has 53 heavy (non-hydrogen) atoms. The molecule has 14 heteroatoms. The Morgan fingerprint density at radius 2 is 1.51 bits per heavy atom. The van der Waals surface area contributed by atoms with E-state index < -0.39 is 38.7 Å². The van der Waals surface area contributed by atoms with Gasteiger partial charge in [-0.2, -0.15) is 13.2 Å². The van der Waals surface area contributed by atoms with E-state index in [0.717, 1.165) is 14.9 Å². The van der Waals surface area contributed by atoms with Gasteiger partial charge in [-0.25, -0.2) is 4.98 Å². The molecule has 8 nitrogen and oxygen atoms in total. The van der Waals surface area contributed by atoms with Gasteiger partial charge in [0.05, 0.1) is 40.0 Å². The summed E-state index contributed by atoms with van der Waals surface area (Å²) < 4.78 is 55.9. The lowest BCUT2D eigenvalue weighted by Gasteiger charge is -2.43. The van der Waals surface area contributed by atoms with Crippen molar-refractivity contribution in [2.45, 2.75) is 45.0 Å². The Kier molecular flexibility index (Phi) is 11.4. The quantitative estimate of drug-likeness (QED) is 0.148. The number of halogens is 5. The van der Waals surface area contributed by atoms with E-state index in [1.165, 1.54) is 23.1 Å². The molecule has 6 rings (SSSR count). The monoisotopic (exact) mass is 782 g/mol. The van der Waals surface area contributed by atoms with Crippen LogP contribution in [0.5, 0.6) is 0 Å². The number of alkyl halides is 3. The summed E-state index contributed by atoms with van der Waals surface area (Å²) in [5.74, 6) is -2.48. The number of ether oxygens (including phenoxy) is 1. The van der Waals surface area contributed by atoms with Gasteiger partial charge in [-0.3, -0.25) is 9.59 Å². The summed E-state index contributed by atoms with van der Waals surface area (Å²) in [6.45, 7) is 7.41. The van der Waals surface area contributed by atoms with E-state index in [9.17, 15) is 22.8 Å². The number of carbonyl (C=O) groups excluding carboxylic acids is 2. The smallest absolute Gasteiger partial charge is 0.407 e. The minimum atomic E-state index is -4.87. The van der Waals surface area contributed by atoms with Crippen molar-refractivity contribution >= 4 is 70.4 Å². The van der Waals surface area contributed by atoms with Crippen molar-refractivity contribution in [1.29, 1.82) is 0 Å². The highest BCUT2D eigenvalue weighted by molar-refractivity contribution is 6.99. The average Bonchev–Trinajstić information content (AvgIpc) is 3.51. The molecule has 0 saturated carbocycles. The van der Waals surface area contributed by atoms with Gasteiger partial charge in [-0.05, 0) is 45.6 Å². The van der Waals surface area contributed by atoms with Gasteiger partial charge in [0.2, 0.25) is 11.7 Å². The Morgan fingerprint density at radius 1 is 0.887 bits per heavy atom. The molecule has 1 saturated heterocycles. The van der Waals surface area contributed by atoms with Crippen molar-refractivity contribution in [2.24, 2.45) is 0 Å². The summed E-state index contributed by atoms with van der Waals surface area (Å²) in [7, 11) is -2.85. The number of rotatable bonds is 10. The molecular weight excluding hydrogens is 744 g/mol. The Hall–Kier alpha value is -4.20. The largest absolute Gasteiger partial charge is 0.449 e. The summed E-state index contributed by atoms with van der Waals surface area (Å²) in [6, 6.07) is 28.0. The third kappa shape index (κ3) is 7.88. The van der Waals surface area contributed by atoms with Gasteiger partial charge in [-0.15, -0.1) is 0 Å². The lowest BCUT2D eigenvalue weighted by atomic mass is 10.1. The highest BCUT2D eigenvalue weighted by Crippen LogP contribution is 2.38. The SMILES string of the molecule is CC(C)(C)[Si](OCCc1ccc(Cl)c(C(=O)Nc2cccc3c2nc(C(F)(F)F)n3CC(=O)N2CCOCC2)c1Cl)(c1ccccc1)c1ccccc1. The summed E-state index contributed by atoms with van der Waals surface area (Å²) >= 11 is 13.4. The number of imidazole rings is 1. The number of nitrogens with one attached hydrogen (secondary N) is 1. The zero-order valence-corrected chi connectivity index (χ0v) is 32.0. The van der Waals surface area contributed by atoms with Gasteiger partial charge >= 0.3 is 6.18 Å². The van der Waals surface area contributed by atoms with Gasteiger partial charge < -0.3 is 23.9 Å². The highest BCUT2D eigenvalue weighted by Gasteiger charge is 2.50. The van der Waals surface area contributed by atoms with E-state index in [4.69, 9.17) is 32.4 Å². The molecule has 2 heterocycles. The number of benzene rings is 4. The van der Waals surface area contributed by atoms with Crippen molar-refractivity contribution in [2.75, 3.05) is 38.2 Å². The van der Waals surface area contributed by atoms with Gasteiger partial charge in [0, 0.05) is 19.7 Å². The molecule has 0 unspecified atom stereocenters. The number of hydrogen-bond donors (Lipinski definition) is 1. The zero-order chi connectivity index (χ0) is 38.0. The highest BCUT2D eigenvalue weighted by atomic mass is 35.5. The van der Waals surface area contributed by atoms with Crippen LogP contribution >= 0.6 is 23.2 Å². The fourth-order valence-corrected chi connectivity index (χ4v) is 12.1. The number of morpholine rings is 1. The van der Waals surface area contributed by atoms with Gasteiger partial charge in [0.15, 0.2) is 0 Å². The summed E-state index contributed by atoms with van der Waals surface area (Å²) in [5.41, 5.74) is 0.477. The zero-order valence-electron chi connectivity index (χ0n) is 29.5. The van der Waals surface area contributed by atoms with Gasteiger partial charge in [0.1, 0.15) is 12.1 Å². The lowest BCUT2D eigenvalue weighted by molar-refractivity contribution is -0.148. The van der Waals surface area contributed by atoms with E-state index in [1.807, 2.05) is 36.4 Å². The molecule has 1 aromatic heterocycles. The van der Waals surface area contributed by atoms with E-state index in [-0.39, 0.29) is 57.1 Å². The molecule has 0 aliphatic carbocycles. The Balaban J connectivity index is 1.27. The molecule has 2 amide bonds. The van der Waals surface area contributed by atoms with Crippen LogP contribution in [0.1, 0.15) is 42.5 Å². The molecule has 0 radical (unpaired) electrons. The number of anilines is 1. The minimum absolute atomic E-state index is 0.00289. The topological polar surface area (TPSA) is 85.7 Å². The molecule has 278 valence electrons. The maximum atomic E-state index is 14.3. The fraction of sp³-hybridized carbons (Fsp3) is 0.308. The van der Waals surface area contributed by atoms with E-state index in [1.54, 1.807) is 12.1 Å². The van der Waals surface area contributed by atoms with E-state index in [2.05, 4.69) is 55.3 Å². The summed E-state index contributed by atoms with van der Waals surface area (Å²) in [6.07, 6.45) is -4.52. The molecule has 1 aliphatic heterocycles. The Bertz CT molecular complexity index is 2060. The molecule has 4 aromatic carbocycles. The van der Waals surface area contributed by atoms with Crippen LogP contribution in [-0.4, -0.2) is 67.5 Å². The van der Waals surface area contributed by atoms with Crippen molar-refractivity contribution in [3.63, 3.8) is 0 Å². The second-order valence-corrected chi connectivity index (χ2v) is 18.9. The molecule has 1 fully saturated rings. The van der Waals surface area contributed by atoms with Crippen LogP contribution in [0.3, 0.4) is 0 Å². The minimum Gasteiger partial charge on any atom is -0.407 e. The second-order valence-electron chi connectivity index (χ2n) is 13.8. The number of amides is 2. The first-order valence-electron chi connectivity index (χ1n) is 17.2. The first kappa shape index (κ1) is 38.5. The fourth-order valence-electron chi connectivity index (χ4n) is 6.93. The third-order valence-electron chi connectivity index (χ3n) is 9.44. The Labute approximate surface area is 316 Å². The normalized spacial score (nSPS) is 14.1. The second kappa shape index (κ2) is 15.6. The summed E-state index contributed by atoms with van der Waals surface area (Å²) in [5, 5.41) is 4.84. The summed E-state index contributed by atoms with van der Waals surface area (Å²) in [4.78, 5) is 32.2. The maximum Gasteiger partial charge on any atom is 0.449 e. The molecule has 1 aliphatic rings. The van der Waals surface area contributed by atoms with Gasteiger partial charge in [-0.1, -0.05) is 117 Å². The first-order chi connectivity index (χ1) is 25.2. The molecular formula is C39H39Cl2F3N4O4Si. The van der Waals surface area contributed by atoms with Crippen LogP contribution in [0.25, 0.3) is 11.0 Å². The molecule has 0 atom stereocenters. The van der Waals surface area contributed by atoms with Crippen molar-refractivity contribution in [3.8, 4) is 0 Å². The van der Waals surface area contributed by atoms with Crippen LogP contribution in [0.15, 0.2) is 91.0 Å². The van der Waals surface area contributed by atoms with Crippen LogP contribution in [-0.2, 0) is 33.1 Å². The number of hydrogen-bond acceptors (Lipinski definition) is 5. The van der Waals surface area contributed by atoms with Crippen molar-refractivity contribution in [1.82, 2.24) is 14.5 Å². The maximum absolute atomic E-state index is 14.3. The van der Waals surface area contributed by atoms with E-state index in [0.29, 0.717) is 25.2 Å². The molecule has 0 bridgehead atoms. The van der Waals surface area contributed by atoms with Gasteiger partial charge in [0.25, 0.3) is 14.2 Å². The number of fused-ring (bicyclic) bond motifs is 1. The Morgan fingerprint density at radius 3 is 2.09 bits per heavy atom. The molecule has 0 spiro atoms. The van der Waals surface area contributed by atoms with Crippen LogP contribution in [0.4, 0.5) is 18.9 Å². The number of para-hydroxylation sites is 1.